The number of hydrogen-bond donors (Lipinski definition) is 1. The van der Waals surface area contributed by atoms with E-state index in [0.29, 0.717) is 22.5 Å². The molecule has 0 aliphatic carbocycles. The maximum Gasteiger partial charge on any atom is 0.325 e. The molecule has 3 amide bonds. The van der Waals surface area contributed by atoms with Crippen molar-refractivity contribution in [3.8, 4) is 11.8 Å². The number of nitrogens with zero attached hydrogens (tertiary/aromatic N) is 4. The fraction of sp³-hybridized carbons (Fsp3) is 0.217. The summed E-state index contributed by atoms with van der Waals surface area (Å²) in [4.78, 5) is 27.2. The van der Waals surface area contributed by atoms with Crippen LogP contribution in [0.2, 0.25) is 0 Å². The zero-order valence-electron chi connectivity index (χ0n) is 17.0. The van der Waals surface area contributed by atoms with Crippen LogP contribution in [0.15, 0.2) is 54.6 Å². The molecule has 1 fully saturated rings. The Morgan fingerprint density at radius 1 is 1.07 bits per heavy atom. The molecule has 1 unspecified atom stereocenters. The van der Waals surface area contributed by atoms with Crippen molar-refractivity contribution in [2.75, 3.05) is 0 Å². The van der Waals surface area contributed by atoms with Crippen molar-refractivity contribution in [1.29, 1.82) is 5.26 Å². The molecule has 0 radical (unpaired) electrons. The molecule has 1 atom stereocenters. The Balaban J connectivity index is 1.73. The number of para-hydroxylation sites is 1. The number of nitrogens with one attached hydrogen (secondary N) is 1. The highest BCUT2D eigenvalue weighted by Crippen LogP contribution is 2.31. The van der Waals surface area contributed by atoms with E-state index in [1.54, 1.807) is 18.5 Å². The fourth-order valence-electron chi connectivity index (χ4n) is 3.72. The molecule has 0 spiro atoms. The molecule has 1 saturated heterocycles. The quantitative estimate of drug-likeness (QED) is 0.681. The number of rotatable bonds is 4. The number of nitriles is 1. The molecule has 30 heavy (non-hydrogen) atoms. The van der Waals surface area contributed by atoms with E-state index < -0.39 is 11.6 Å². The number of imide groups is 1. The second kappa shape index (κ2) is 7.16. The van der Waals surface area contributed by atoms with Crippen LogP contribution in [0.25, 0.3) is 5.69 Å². The first-order chi connectivity index (χ1) is 14.3. The summed E-state index contributed by atoms with van der Waals surface area (Å²) >= 11 is 0. The van der Waals surface area contributed by atoms with Crippen LogP contribution in [0.4, 0.5) is 4.79 Å². The Labute approximate surface area is 174 Å². The standard InChI is InChI=1S/C23H21N5O2/c1-15-9-11-17(12-10-15)23(3)21(29)27(22(30)25-23)14-20-19(13-24)16(2)26-28(20)18-7-5-4-6-8-18/h4-12H,14H2,1-3H3,(H,25,30). The van der Waals surface area contributed by atoms with Gasteiger partial charge in [0.05, 0.1) is 29.2 Å². The second-order valence-electron chi connectivity index (χ2n) is 7.58. The molecular weight excluding hydrogens is 378 g/mol. The minimum Gasteiger partial charge on any atom is -0.319 e. The molecule has 2 aromatic carbocycles. The second-order valence-corrected chi connectivity index (χ2v) is 7.58. The van der Waals surface area contributed by atoms with E-state index in [-0.39, 0.29) is 12.5 Å². The minimum atomic E-state index is -1.16. The molecule has 1 N–H and O–H groups in total. The molecule has 4 rings (SSSR count). The molecule has 0 saturated carbocycles. The topological polar surface area (TPSA) is 91.0 Å². The first-order valence-corrected chi connectivity index (χ1v) is 9.60. The van der Waals surface area contributed by atoms with E-state index in [2.05, 4.69) is 16.5 Å². The van der Waals surface area contributed by atoms with Gasteiger partial charge in [0.2, 0.25) is 0 Å². The van der Waals surface area contributed by atoms with Gasteiger partial charge >= 0.3 is 6.03 Å². The Kier molecular flexibility index (Phi) is 4.63. The van der Waals surface area contributed by atoms with E-state index in [4.69, 9.17) is 0 Å². The van der Waals surface area contributed by atoms with Crippen LogP contribution in [-0.4, -0.2) is 26.6 Å². The van der Waals surface area contributed by atoms with Crippen LogP contribution in [0.5, 0.6) is 0 Å². The van der Waals surface area contributed by atoms with Gasteiger partial charge in [-0.2, -0.15) is 10.4 Å². The number of urea groups is 1. The van der Waals surface area contributed by atoms with Crippen molar-refractivity contribution in [3.63, 3.8) is 0 Å². The Morgan fingerprint density at radius 3 is 2.37 bits per heavy atom. The average molecular weight is 399 g/mol. The number of aromatic nitrogens is 2. The predicted octanol–water partition coefficient (Wildman–Crippen LogP) is 3.33. The summed E-state index contributed by atoms with van der Waals surface area (Å²) in [6, 6.07) is 18.5. The molecule has 7 heteroatoms. The SMILES string of the molecule is Cc1ccc(C2(C)NC(=O)N(Cc3c(C#N)c(C)nn3-c3ccccc3)C2=O)cc1. The first-order valence-electron chi connectivity index (χ1n) is 9.60. The summed E-state index contributed by atoms with van der Waals surface area (Å²) in [7, 11) is 0. The average Bonchev–Trinajstić information content (AvgIpc) is 3.17. The van der Waals surface area contributed by atoms with Gasteiger partial charge in [0.25, 0.3) is 5.91 Å². The van der Waals surface area contributed by atoms with Crippen molar-refractivity contribution < 1.29 is 9.59 Å². The number of amides is 3. The zero-order valence-corrected chi connectivity index (χ0v) is 17.0. The van der Waals surface area contributed by atoms with Gasteiger partial charge < -0.3 is 5.32 Å². The summed E-state index contributed by atoms with van der Waals surface area (Å²) in [5.41, 5.74) is 2.78. The smallest absolute Gasteiger partial charge is 0.319 e. The monoisotopic (exact) mass is 399 g/mol. The van der Waals surface area contributed by atoms with Gasteiger partial charge in [0, 0.05) is 0 Å². The Morgan fingerprint density at radius 2 is 1.73 bits per heavy atom. The lowest BCUT2D eigenvalue weighted by Gasteiger charge is -2.22. The van der Waals surface area contributed by atoms with Gasteiger partial charge in [-0.3, -0.25) is 9.69 Å². The summed E-state index contributed by atoms with van der Waals surface area (Å²) in [6.45, 7) is 5.35. The maximum atomic E-state index is 13.3. The number of carbonyl (C=O) groups excluding carboxylic acids is 2. The van der Waals surface area contributed by atoms with Gasteiger partial charge in [-0.15, -0.1) is 0 Å². The molecule has 2 heterocycles. The van der Waals surface area contributed by atoms with E-state index in [1.807, 2.05) is 61.5 Å². The Bertz CT molecular complexity index is 1170. The molecule has 1 aliphatic rings. The molecule has 1 aliphatic heterocycles. The lowest BCUT2D eigenvalue weighted by molar-refractivity contribution is -0.131. The van der Waals surface area contributed by atoms with Crippen LogP contribution >= 0.6 is 0 Å². The van der Waals surface area contributed by atoms with E-state index in [1.165, 1.54) is 0 Å². The van der Waals surface area contributed by atoms with Crippen molar-refractivity contribution in [1.82, 2.24) is 20.0 Å². The lowest BCUT2D eigenvalue weighted by atomic mass is 9.91. The minimum absolute atomic E-state index is 0.0508. The third kappa shape index (κ3) is 3.03. The largest absolute Gasteiger partial charge is 0.325 e. The van der Waals surface area contributed by atoms with Gasteiger partial charge in [-0.1, -0.05) is 48.0 Å². The van der Waals surface area contributed by atoms with Crippen molar-refractivity contribution in [2.45, 2.75) is 32.9 Å². The number of aryl methyl sites for hydroxylation is 2. The zero-order chi connectivity index (χ0) is 21.5. The molecule has 1 aromatic heterocycles. The molecule has 7 nitrogen and oxygen atoms in total. The molecule has 150 valence electrons. The van der Waals surface area contributed by atoms with E-state index in [0.717, 1.165) is 16.2 Å². The summed E-state index contributed by atoms with van der Waals surface area (Å²) in [5.74, 6) is -0.362. The third-order valence-electron chi connectivity index (χ3n) is 5.48. The van der Waals surface area contributed by atoms with Crippen LogP contribution in [0.3, 0.4) is 0 Å². The number of hydrogen-bond acceptors (Lipinski definition) is 4. The summed E-state index contributed by atoms with van der Waals surface area (Å²) in [5, 5.41) is 17.0. The lowest BCUT2D eigenvalue weighted by Crippen LogP contribution is -2.40. The van der Waals surface area contributed by atoms with E-state index in [9.17, 15) is 14.9 Å². The van der Waals surface area contributed by atoms with Gasteiger partial charge in [0.1, 0.15) is 11.6 Å². The van der Waals surface area contributed by atoms with Crippen LogP contribution in [0, 0.1) is 25.2 Å². The highest BCUT2D eigenvalue weighted by Gasteiger charge is 2.49. The fourth-order valence-corrected chi connectivity index (χ4v) is 3.72. The first kappa shape index (κ1) is 19.4. The highest BCUT2D eigenvalue weighted by atomic mass is 16.2. The number of benzene rings is 2. The van der Waals surface area contributed by atoms with Crippen LogP contribution in [-0.2, 0) is 16.9 Å². The maximum absolute atomic E-state index is 13.3. The van der Waals surface area contributed by atoms with Gasteiger partial charge in [0.15, 0.2) is 0 Å². The third-order valence-corrected chi connectivity index (χ3v) is 5.48. The summed E-state index contributed by atoms with van der Waals surface area (Å²) < 4.78 is 1.62. The molecular formula is C23H21N5O2. The Hall–Kier alpha value is -3.92. The van der Waals surface area contributed by atoms with E-state index >= 15 is 0 Å². The molecule has 3 aromatic rings. The summed E-state index contributed by atoms with van der Waals surface area (Å²) in [6.07, 6.45) is 0. The normalized spacial score (nSPS) is 18.4. The van der Waals surface area contributed by atoms with Gasteiger partial charge in [-0.25, -0.2) is 9.48 Å². The van der Waals surface area contributed by atoms with Crippen molar-refractivity contribution in [3.05, 3.63) is 82.7 Å². The molecule has 0 bridgehead atoms. The van der Waals surface area contributed by atoms with Crippen LogP contribution in [0.1, 0.15) is 35.0 Å². The highest BCUT2D eigenvalue weighted by molar-refractivity contribution is 6.07. The number of carbonyl (C=O) groups is 2. The van der Waals surface area contributed by atoms with Crippen LogP contribution < -0.4 is 5.32 Å². The predicted molar refractivity (Wildman–Crippen MR) is 111 cm³/mol. The van der Waals surface area contributed by atoms with Gasteiger partial charge in [-0.05, 0) is 38.5 Å². The van der Waals surface area contributed by atoms with Crippen molar-refractivity contribution >= 4 is 11.9 Å². The van der Waals surface area contributed by atoms with Crippen molar-refractivity contribution in [2.24, 2.45) is 0 Å².